The summed E-state index contributed by atoms with van der Waals surface area (Å²) >= 11 is 0. The lowest BCUT2D eigenvalue weighted by molar-refractivity contribution is -0.116. The predicted octanol–water partition coefficient (Wildman–Crippen LogP) is 2.31. The van der Waals surface area contributed by atoms with Gasteiger partial charge in [0.25, 0.3) is 0 Å². The Labute approximate surface area is 123 Å². The van der Waals surface area contributed by atoms with Crippen LogP contribution in [0.3, 0.4) is 0 Å². The Morgan fingerprint density at radius 3 is 3.05 bits per heavy atom. The standard InChI is InChI=1S/C14H20N4O3/c1-4-20-11(3)14-15-6-8-18(14)7-5-13(19)16-12-9-10(2)21-17-12/h6,8-9,11H,4-5,7H2,1-3H3,(H,16,17,19)/t11-/m1/s1. The second kappa shape index (κ2) is 7.03. The molecule has 0 saturated carbocycles. The summed E-state index contributed by atoms with van der Waals surface area (Å²) in [7, 11) is 0. The maximum atomic E-state index is 11.9. The molecule has 0 spiro atoms. The zero-order chi connectivity index (χ0) is 15.2. The van der Waals surface area contributed by atoms with Crippen LogP contribution >= 0.6 is 0 Å². The van der Waals surface area contributed by atoms with Crippen LogP contribution in [0.4, 0.5) is 5.82 Å². The van der Waals surface area contributed by atoms with Gasteiger partial charge < -0.3 is 19.1 Å². The molecule has 2 heterocycles. The van der Waals surface area contributed by atoms with Crippen LogP contribution < -0.4 is 5.32 Å². The van der Waals surface area contributed by atoms with Gasteiger partial charge in [-0.05, 0) is 20.8 Å². The van der Waals surface area contributed by atoms with E-state index in [0.29, 0.717) is 31.2 Å². The van der Waals surface area contributed by atoms with Crippen molar-refractivity contribution >= 4 is 11.7 Å². The molecule has 0 unspecified atom stereocenters. The molecule has 0 radical (unpaired) electrons. The largest absolute Gasteiger partial charge is 0.371 e. The number of aromatic nitrogens is 3. The molecule has 2 rings (SSSR count). The molecule has 0 bridgehead atoms. The van der Waals surface area contributed by atoms with Crippen LogP contribution in [-0.4, -0.2) is 27.2 Å². The number of carbonyl (C=O) groups is 1. The SMILES string of the molecule is CCO[C@H](C)c1nccn1CCC(=O)Nc1cc(C)on1. The first-order valence-corrected chi connectivity index (χ1v) is 6.96. The van der Waals surface area contributed by atoms with Gasteiger partial charge in [0, 0.05) is 38.0 Å². The van der Waals surface area contributed by atoms with Crippen molar-refractivity contribution in [2.75, 3.05) is 11.9 Å². The highest BCUT2D eigenvalue weighted by molar-refractivity contribution is 5.89. The molecule has 0 aliphatic rings. The summed E-state index contributed by atoms with van der Waals surface area (Å²) in [6.45, 7) is 6.82. The van der Waals surface area contributed by atoms with Crippen LogP contribution in [0.15, 0.2) is 23.0 Å². The zero-order valence-electron chi connectivity index (χ0n) is 12.5. The minimum atomic E-state index is -0.119. The first kappa shape index (κ1) is 15.2. The number of nitrogens with zero attached hydrogens (tertiary/aromatic N) is 3. The second-order valence-corrected chi connectivity index (χ2v) is 4.70. The third-order valence-electron chi connectivity index (χ3n) is 3.00. The predicted molar refractivity (Wildman–Crippen MR) is 76.8 cm³/mol. The maximum absolute atomic E-state index is 11.9. The molecule has 114 valence electrons. The van der Waals surface area contributed by atoms with Crippen LogP contribution in [0, 0.1) is 6.92 Å². The van der Waals surface area contributed by atoms with Gasteiger partial charge in [0.05, 0.1) is 0 Å². The Morgan fingerprint density at radius 1 is 1.57 bits per heavy atom. The van der Waals surface area contributed by atoms with Crippen LogP contribution in [0.25, 0.3) is 0 Å². The molecule has 2 aromatic rings. The molecule has 1 N–H and O–H groups in total. The Hall–Kier alpha value is -2.15. The van der Waals surface area contributed by atoms with Crippen molar-refractivity contribution in [3.8, 4) is 0 Å². The summed E-state index contributed by atoms with van der Waals surface area (Å²) in [5, 5.41) is 6.42. The van der Waals surface area contributed by atoms with Gasteiger partial charge in [0.1, 0.15) is 17.7 Å². The number of rotatable bonds is 7. The van der Waals surface area contributed by atoms with Gasteiger partial charge in [-0.3, -0.25) is 4.79 Å². The minimum absolute atomic E-state index is 0.0914. The highest BCUT2D eigenvalue weighted by Crippen LogP contribution is 2.15. The van der Waals surface area contributed by atoms with Crippen molar-refractivity contribution in [1.82, 2.24) is 14.7 Å². The highest BCUT2D eigenvalue weighted by atomic mass is 16.5. The molecule has 0 saturated heterocycles. The van der Waals surface area contributed by atoms with E-state index in [-0.39, 0.29) is 12.0 Å². The van der Waals surface area contributed by atoms with E-state index >= 15 is 0 Å². The number of hydrogen-bond acceptors (Lipinski definition) is 5. The van der Waals surface area contributed by atoms with Gasteiger partial charge in [-0.25, -0.2) is 4.98 Å². The van der Waals surface area contributed by atoms with Gasteiger partial charge >= 0.3 is 0 Å². The summed E-state index contributed by atoms with van der Waals surface area (Å²) in [6.07, 6.45) is 3.79. The van der Waals surface area contributed by atoms with E-state index < -0.39 is 0 Å². The number of carbonyl (C=O) groups excluding carboxylic acids is 1. The first-order valence-electron chi connectivity index (χ1n) is 6.96. The van der Waals surface area contributed by atoms with Crippen LogP contribution in [0.2, 0.25) is 0 Å². The normalized spacial score (nSPS) is 12.3. The van der Waals surface area contributed by atoms with E-state index in [4.69, 9.17) is 9.26 Å². The Balaban J connectivity index is 1.88. The molecule has 0 fully saturated rings. The van der Waals surface area contributed by atoms with Gasteiger partial charge in [0.2, 0.25) is 5.91 Å². The topological polar surface area (TPSA) is 82.2 Å². The van der Waals surface area contributed by atoms with E-state index in [1.165, 1.54) is 0 Å². The average molecular weight is 292 g/mol. The van der Waals surface area contributed by atoms with E-state index in [1.807, 2.05) is 24.6 Å². The molecular formula is C14H20N4O3. The third kappa shape index (κ3) is 4.16. The van der Waals surface area contributed by atoms with Crippen LogP contribution in [0.1, 0.15) is 38.0 Å². The van der Waals surface area contributed by atoms with Gasteiger partial charge in [-0.2, -0.15) is 0 Å². The quantitative estimate of drug-likeness (QED) is 0.846. The van der Waals surface area contributed by atoms with Crippen molar-refractivity contribution in [2.45, 2.75) is 39.8 Å². The molecule has 7 nitrogen and oxygen atoms in total. The van der Waals surface area contributed by atoms with Gasteiger partial charge in [0.15, 0.2) is 5.82 Å². The minimum Gasteiger partial charge on any atom is -0.371 e. The van der Waals surface area contributed by atoms with E-state index in [9.17, 15) is 4.79 Å². The lowest BCUT2D eigenvalue weighted by Crippen LogP contribution is -2.16. The summed E-state index contributed by atoms with van der Waals surface area (Å²) in [5.74, 6) is 1.80. The number of ether oxygens (including phenoxy) is 1. The monoisotopic (exact) mass is 292 g/mol. The highest BCUT2D eigenvalue weighted by Gasteiger charge is 2.13. The van der Waals surface area contributed by atoms with E-state index in [2.05, 4.69) is 15.5 Å². The van der Waals surface area contributed by atoms with Crippen LogP contribution in [0.5, 0.6) is 0 Å². The summed E-state index contributed by atoms with van der Waals surface area (Å²) in [4.78, 5) is 16.1. The number of aryl methyl sites for hydroxylation is 2. The first-order chi connectivity index (χ1) is 10.1. The summed E-state index contributed by atoms with van der Waals surface area (Å²) in [6, 6.07) is 1.68. The maximum Gasteiger partial charge on any atom is 0.227 e. The second-order valence-electron chi connectivity index (χ2n) is 4.70. The zero-order valence-corrected chi connectivity index (χ0v) is 12.5. The lowest BCUT2D eigenvalue weighted by atomic mass is 10.3. The van der Waals surface area contributed by atoms with Crippen molar-refractivity contribution in [3.63, 3.8) is 0 Å². The van der Waals surface area contributed by atoms with E-state index in [1.54, 1.807) is 19.2 Å². The lowest BCUT2D eigenvalue weighted by Gasteiger charge is -2.13. The molecule has 2 aromatic heterocycles. The fourth-order valence-corrected chi connectivity index (χ4v) is 2.05. The fraction of sp³-hybridized carbons (Fsp3) is 0.500. The van der Waals surface area contributed by atoms with Crippen molar-refractivity contribution in [2.24, 2.45) is 0 Å². The number of amides is 1. The summed E-state index contributed by atoms with van der Waals surface area (Å²) < 4.78 is 12.3. The Morgan fingerprint density at radius 2 is 2.38 bits per heavy atom. The Bertz CT molecular complexity index is 591. The number of anilines is 1. The smallest absolute Gasteiger partial charge is 0.227 e. The van der Waals surface area contributed by atoms with Gasteiger partial charge in [-0.1, -0.05) is 5.16 Å². The fourth-order valence-electron chi connectivity index (χ4n) is 2.05. The molecule has 0 aliphatic carbocycles. The molecule has 7 heteroatoms. The van der Waals surface area contributed by atoms with Gasteiger partial charge in [-0.15, -0.1) is 0 Å². The number of hydrogen-bond donors (Lipinski definition) is 1. The molecule has 1 amide bonds. The van der Waals surface area contributed by atoms with Crippen molar-refractivity contribution in [3.05, 3.63) is 30.0 Å². The van der Waals surface area contributed by atoms with Crippen molar-refractivity contribution in [1.29, 1.82) is 0 Å². The Kier molecular flexibility index (Phi) is 5.10. The molecule has 1 atom stereocenters. The number of imidazole rings is 1. The van der Waals surface area contributed by atoms with Crippen LogP contribution in [-0.2, 0) is 16.1 Å². The third-order valence-corrected chi connectivity index (χ3v) is 3.00. The molecule has 0 aromatic carbocycles. The average Bonchev–Trinajstić information content (AvgIpc) is 3.05. The molecule has 21 heavy (non-hydrogen) atoms. The number of nitrogens with one attached hydrogen (secondary N) is 1. The summed E-state index contributed by atoms with van der Waals surface area (Å²) in [5.41, 5.74) is 0. The molecule has 0 aliphatic heterocycles. The molecular weight excluding hydrogens is 272 g/mol. The van der Waals surface area contributed by atoms with E-state index in [0.717, 1.165) is 5.82 Å². The van der Waals surface area contributed by atoms with Crippen molar-refractivity contribution < 1.29 is 14.1 Å².